The highest BCUT2D eigenvalue weighted by atomic mass is 16.6. The van der Waals surface area contributed by atoms with Crippen molar-refractivity contribution in [1.29, 1.82) is 0 Å². The maximum atomic E-state index is 13.7. The first kappa shape index (κ1) is 24.5. The largest absolute Gasteiger partial charge is 0.444 e. The Hall–Kier alpha value is -3.21. The number of benzene rings is 2. The highest BCUT2D eigenvalue weighted by Crippen LogP contribution is 2.44. The minimum absolute atomic E-state index is 0.00953. The Labute approximate surface area is 213 Å². The maximum absolute atomic E-state index is 13.7. The molecule has 0 radical (unpaired) electrons. The Morgan fingerprint density at radius 1 is 0.861 bits per heavy atom. The first-order chi connectivity index (χ1) is 17.3. The molecule has 0 unspecified atom stereocenters. The Kier molecular flexibility index (Phi) is 6.83. The second kappa shape index (κ2) is 10.0. The number of nitrogens with one attached hydrogen (secondary N) is 1. The number of carbonyl (C=O) groups excluding carboxylic acids is 2. The van der Waals surface area contributed by atoms with Crippen LogP contribution in [0.15, 0.2) is 54.6 Å². The van der Waals surface area contributed by atoms with Crippen molar-refractivity contribution in [2.45, 2.75) is 83.3 Å². The zero-order chi connectivity index (χ0) is 25.3. The van der Waals surface area contributed by atoms with Gasteiger partial charge >= 0.3 is 6.09 Å². The molecular weight excluding hydrogens is 448 g/mol. The van der Waals surface area contributed by atoms with Crippen molar-refractivity contribution in [3.63, 3.8) is 0 Å². The summed E-state index contributed by atoms with van der Waals surface area (Å²) >= 11 is 0. The normalized spacial score (nSPS) is 20.2. The van der Waals surface area contributed by atoms with E-state index in [2.05, 4.69) is 47.8 Å². The lowest BCUT2D eigenvalue weighted by molar-refractivity contribution is 0.0523. The summed E-state index contributed by atoms with van der Waals surface area (Å²) in [6.07, 6.45) is 5.57. The number of ether oxygens (including phenoxy) is 1. The third-order valence-corrected chi connectivity index (χ3v) is 7.41. The van der Waals surface area contributed by atoms with Crippen LogP contribution in [0.1, 0.15) is 98.4 Å². The fraction of sp³-hybridized carbons (Fsp3) is 0.452. The molecule has 0 aliphatic heterocycles. The number of nitrogens with zero attached hydrogens (tertiary/aromatic N) is 1. The third-order valence-electron chi connectivity index (χ3n) is 7.41. The maximum Gasteiger partial charge on any atom is 0.407 e. The summed E-state index contributed by atoms with van der Waals surface area (Å²) in [7, 11) is 0. The monoisotopic (exact) mass is 484 g/mol. The van der Waals surface area contributed by atoms with Crippen molar-refractivity contribution >= 4 is 22.6 Å². The third kappa shape index (κ3) is 5.61. The van der Waals surface area contributed by atoms with Gasteiger partial charge in [-0.1, -0.05) is 48.5 Å². The molecule has 5 heteroatoms. The quantitative estimate of drug-likeness (QED) is 0.373. The van der Waals surface area contributed by atoms with Crippen LogP contribution in [-0.4, -0.2) is 22.5 Å². The number of alkyl carbamates (subject to hydrolysis) is 1. The first-order valence-electron chi connectivity index (χ1n) is 13.3. The smallest absolute Gasteiger partial charge is 0.407 e. The summed E-state index contributed by atoms with van der Waals surface area (Å²) in [6, 6.07) is 19.1. The van der Waals surface area contributed by atoms with E-state index in [1.165, 1.54) is 16.3 Å². The van der Waals surface area contributed by atoms with E-state index < -0.39 is 11.7 Å². The van der Waals surface area contributed by atoms with Gasteiger partial charge < -0.3 is 10.1 Å². The number of hydrogen-bond acceptors (Lipinski definition) is 4. The molecule has 0 spiro atoms. The van der Waals surface area contributed by atoms with Crippen molar-refractivity contribution in [3.8, 4) is 0 Å². The molecule has 1 amide bonds. The second-order valence-corrected chi connectivity index (χ2v) is 11.4. The van der Waals surface area contributed by atoms with Crippen LogP contribution >= 0.6 is 0 Å². The fourth-order valence-electron chi connectivity index (χ4n) is 5.47. The van der Waals surface area contributed by atoms with E-state index in [0.717, 1.165) is 44.1 Å². The molecule has 188 valence electrons. The standard InChI is InChI=1S/C31H36N2O3/c1-31(2,3)36-30(35)32-19-24-17-18-27(22-11-12-22)28(33-24)29(34)23-15-13-21(14-16-23)26-10-6-8-20-7-4-5-9-25(20)26/h4-10,17-18,21-23H,11-16,19H2,1-3H3,(H,32,35). The summed E-state index contributed by atoms with van der Waals surface area (Å²) in [5.41, 5.74) is 3.25. The Morgan fingerprint density at radius 2 is 1.53 bits per heavy atom. The summed E-state index contributed by atoms with van der Waals surface area (Å²) in [6.45, 7) is 5.75. The lowest BCUT2D eigenvalue weighted by Gasteiger charge is -2.29. The molecule has 0 atom stereocenters. The number of Topliss-reactive ketones (excluding diaryl/α,β-unsaturated/α-hetero) is 1. The zero-order valence-corrected chi connectivity index (χ0v) is 21.5. The Balaban J connectivity index is 1.28. The number of ketones is 1. The molecule has 2 saturated carbocycles. The Morgan fingerprint density at radius 3 is 2.25 bits per heavy atom. The van der Waals surface area contributed by atoms with E-state index in [1.54, 1.807) is 0 Å². The molecule has 2 aliphatic carbocycles. The van der Waals surface area contributed by atoms with E-state index in [4.69, 9.17) is 9.72 Å². The molecule has 1 aromatic heterocycles. The van der Waals surface area contributed by atoms with Gasteiger partial charge in [0.1, 0.15) is 11.3 Å². The van der Waals surface area contributed by atoms with E-state index in [0.29, 0.717) is 23.2 Å². The summed E-state index contributed by atoms with van der Waals surface area (Å²) in [4.78, 5) is 30.6. The van der Waals surface area contributed by atoms with Crippen LogP contribution < -0.4 is 5.32 Å². The van der Waals surface area contributed by atoms with E-state index in [-0.39, 0.29) is 18.2 Å². The van der Waals surface area contributed by atoms with Crippen LogP contribution in [0.4, 0.5) is 4.79 Å². The molecule has 0 saturated heterocycles. The predicted molar refractivity (Wildman–Crippen MR) is 142 cm³/mol. The van der Waals surface area contributed by atoms with Crippen LogP contribution in [0.3, 0.4) is 0 Å². The number of amides is 1. The molecular formula is C31H36N2O3. The summed E-state index contributed by atoms with van der Waals surface area (Å²) < 4.78 is 5.33. The highest BCUT2D eigenvalue weighted by Gasteiger charge is 2.34. The molecule has 1 heterocycles. The molecule has 36 heavy (non-hydrogen) atoms. The minimum atomic E-state index is -0.556. The number of aromatic nitrogens is 1. The lowest BCUT2D eigenvalue weighted by Crippen LogP contribution is -2.32. The van der Waals surface area contributed by atoms with Gasteiger partial charge in [0.2, 0.25) is 0 Å². The van der Waals surface area contributed by atoms with Gasteiger partial charge in [-0.15, -0.1) is 0 Å². The highest BCUT2D eigenvalue weighted by molar-refractivity contribution is 5.98. The number of hydrogen-bond donors (Lipinski definition) is 1. The van der Waals surface area contributed by atoms with Gasteiger partial charge in [-0.3, -0.25) is 4.79 Å². The zero-order valence-electron chi connectivity index (χ0n) is 21.5. The first-order valence-corrected chi connectivity index (χ1v) is 13.3. The van der Waals surface area contributed by atoms with Gasteiger partial charge in [0.05, 0.1) is 12.2 Å². The van der Waals surface area contributed by atoms with Gasteiger partial charge in [-0.25, -0.2) is 9.78 Å². The van der Waals surface area contributed by atoms with Crippen LogP contribution in [0.5, 0.6) is 0 Å². The summed E-state index contributed by atoms with van der Waals surface area (Å²) in [5, 5.41) is 5.38. The van der Waals surface area contributed by atoms with Crippen molar-refractivity contribution in [3.05, 3.63) is 77.1 Å². The average Bonchev–Trinajstić information content (AvgIpc) is 3.71. The fourth-order valence-corrected chi connectivity index (χ4v) is 5.47. The molecule has 0 bridgehead atoms. The van der Waals surface area contributed by atoms with Crippen LogP contribution in [0.2, 0.25) is 0 Å². The number of carbonyl (C=O) groups is 2. The van der Waals surface area contributed by atoms with E-state index in [1.807, 2.05) is 32.9 Å². The molecule has 5 rings (SSSR count). The van der Waals surface area contributed by atoms with Crippen molar-refractivity contribution in [2.75, 3.05) is 0 Å². The molecule has 5 nitrogen and oxygen atoms in total. The molecule has 2 fully saturated rings. The van der Waals surface area contributed by atoms with Crippen molar-refractivity contribution in [1.82, 2.24) is 10.3 Å². The summed E-state index contributed by atoms with van der Waals surface area (Å²) in [5.74, 6) is 1.11. The molecule has 2 aromatic carbocycles. The average molecular weight is 485 g/mol. The van der Waals surface area contributed by atoms with Crippen LogP contribution in [-0.2, 0) is 11.3 Å². The number of fused-ring (bicyclic) bond motifs is 1. The van der Waals surface area contributed by atoms with Gasteiger partial charge in [-0.05, 0) is 99.1 Å². The Bertz CT molecular complexity index is 1260. The number of pyridine rings is 1. The van der Waals surface area contributed by atoms with Crippen molar-refractivity contribution in [2.24, 2.45) is 5.92 Å². The predicted octanol–water partition coefficient (Wildman–Crippen LogP) is 7.29. The molecule has 3 aromatic rings. The second-order valence-electron chi connectivity index (χ2n) is 11.4. The van der Waals surface area contributed by atoms with Gasteiger partial charge in [0.25, 0.3) is 0 Å². The van der Waals surface area contributed by atoms with Gasteiger partial charge in [-0.2, -0.15) is 0 Å². The molecule has 1 N–H and O–H groups in total. The van der Waals surface area contributed by atoms with E-state index in [9.17, 15) is 9.59 Å². The molecule has 2 aliphatic rings. The lowest BCUT2D eigenvalue weighted by atomic mass is 9.75. The number of rotatable bonds is 6. The van der Waals surface area contributed by atoms with Crippen LogP contribution in [0.25, 0.3) is 10.8 Å². The van der Waals surface area contributed by atoms with Gasteiger partial charge in [0, 0.05) is 5.92 Å². The topological polar surface area (TPSA) is 68.3 Å². The van der Waals surface area contributed by atoms with Gasteiger partial charge in [0.15, 0.2) is 5.78 Å². The SMILES string of the molecule is CC(C)(C)OC(=O)NCc1ccc(C2CC2)c(C(=O)C2CCC(c3cccc4ccccc34)CC2)n1. The van der Waals surface area contributed by atoms with Crippen LogP contribution in [0, 0.1) is 5.92 Å². The van der Waals surface area contributed by atoms with E-state index >= 15 is 0 Å². The van der Waals surface area contributed by atoms with Crippen molar-refractivity contribution < 1.29 is 14.3 Å². The minimum Gasteiger partial charge on any atom is -0.444 e.